The van der Waals surface area contributed by atoms with Crippen LogP contribution in [-0.2, 0) is 24.9 Å². The van der Waals surface area contributed by atoms with Crippen LogP contribution in [0.15, 0.2) is 61.1 Å². The molecule has 2 aromatic heterocycles. The van der Waals surface area contributed by atoms with Gasteiger partial charge in [-0.3, -0.25) is 14.7 Å². The van der Waals surface area contributed by atoms with Crippen LogP contribution in [0.3, 0.4) is 0 Å². The van der Waals surface area contributed by atoms with E-state index in [0.29, 0.717) is 6.54 Å². The first kappa shape index (κ1) is 18.3. The summed E-state index contributed by atoms with van der Waals surface area (Å²) in [5.74, 6) is 0.0966. The Morgan fingerprint density at radius 2 is 1.93 bits per heavy atom. The number of carbonyl (C=O) groups is 1. The Morgan fingerprint density at radius 3 is 2.64 bits per heavy atom. The molecule has 7 heteroatoms. The lowest BCUT2D eigenvalue weighted by atomic mass is 9.89. The Morgan fingerprint density at radius 1 is 1.14 bits per heavy atom. The third kappa shape index (κ3) is 4.26. The van der Waals surface area contributed by atoms with Crippen molar-refractivity contribution in [1.29, 1.82) is 0 Å². The van der Waals surface area contributed by atoms with Crippen molar-refractivity contribution in [3.63, 3.8) is 0 Å². The van der Waals surface area contributed by atoms with Crippen LogP contribution in [0.25, 0.3) is 0 Å². The van der Waals surface area contributed by atoms with Gasteiger partial charge >= 0.3 is 0 Å². The highest BCUT2D eigenvalue weighted by Crippen LogP contribution is 2.33. The fourth-order valence-electron chi connectivity index (χ4n) is 3.85. The minimum absolute atomic E-state index is 0.0584. The average Bonchev–Trinajstić information content (AvgIpc) is 3.34. The standard InChI is InChI=1S/C21H24N6O/c1-26-24-12-18(25-26)11-23-21(28)20-15-27(13-16-5-3-2-4-6-16)14-19(20)17-7-9-22-10-8-17/h2-10,12,19-20H,11,13-15H2,1H3,(H,23,28)/t19-,20+/m0/s1. The molecule has 1 fully saturated rings. The highest BCUT2D eigenvalue weighted by molar-refractivity contribution is 5.80. The Bertz CT molecular complexity index is 911. The number of nitrogens with zero attached hydrogens (tertiary/aromatic N) is 5. The van der Waals surface area contributed by atoms with E-state index in [9.17, 15) is 4.79 Å². The van der Waals surface area contributed by atoms with Crippen LogP contribution in [0.1, 0.15) is 22.7 Å². The number of aromatic nitrogens is 4. The highest BCUT2D eigenvalue weighted by Gasteiger charge is 2.38. The number of benzene rings is 1. The molecule has 144 valence electrons. The molecule has 0 bridgehead atoms. The Hall–Kier alpha value is -3.06. The second-order valence-electron chi connectivity index (χ2n) is 7.22. The monoisotopic (exact) mass is 376 g/mol. The third-order valence-electron chi connectivity index (χ3n) is 5.21. The Balaban J connectivity index is 1.47. The van der Waals surface area contributed by atoms with Crippen LogP contribution < -0.4 is 5.32 Å². The van der Waals surface area contributed by atoms with E-state index in [-0.39, 0.29) is 17.7 Å². The van der Waals surface area contributed by atoms with Crippen LogP contribution in [0.5, 0.6) is 0 Å². The van der Waals surface area contributed by atoms with Crippen LogP contribution in [-0.4, -0.2) is 43.9 Å². The number of pyridine rings is 1. The molecule has 0 saturated carbocycles. The first-order valence-corrected chi connectivity index (χ1v) is 9.48. The lowest BCUT2D eigenvalue weighted by Gasteiger charge is -2.18. The minimum Gasteiger partial charge on any atom is -0.350 e. The van der Waals surface area contributed by atoms with E-state index >= 15 is 0 Å². The van der Waals surface area contributed by atoms with Crippen molar-refractivity contribution in [2.24, 2.45) is 13.0 Å². The van der Waals surface area contributed by atoms with E-state index in [2.05, 4.69) is 49.7 Å². The quantitative estimate of drug-likeness (QED) is 0.709. The zero-order valence-electron chi connectivity index (χ0n) is 15.9. The van der Waals surface area contributed by atoms with Crippen molar-refractivity contribution in [2.75, 3.05) is 13.1 Å². The summed E-state index contributed by atoms with van der Waals surface area (Å²) in [5, 5.41) is 11.3. The smallest absolute Gasteiger partial charge is 0.225 e. The molecule has 1 N–H and O–H groups in total. The molecular formula is C21H24N6O. The maximum Gasteiger partial charge on any atom is 0.225 e. The molecule has 2 atom stereocenters. The van der Waals surface area contributed by atoms with Gasteiger partial charge in [-0.2, -0.15) is 15.0 Å². The number of likely N-dealkylation sites (tertiary alicyclic amines) is 1. The van der Waals surface area contributed by atoms with Gasteiger partial charge in [0.1, 0.15) is 5.69 Å². The molecule has 0 unspecified atom stereocenters. The molecule has 3 aromatic rings. The first-order valence-electron chi connectivity index (χ1n) is 9.48. The Labute approximate surface area is 164 Å². The fraction of sp³-hybridized carbons (Fsp3) is 0.333. The number of aryl methyl sites for hydroxylation is 1. The summed E-state index contributed by atoms with van der Waals surface area (Å²) < 4.78 is 0. The molecule has 7 nitrogen and oxygen atoms in total. The summed E-state index contributed by atoms with van der Waals surface area (Å²) in [6, 6.07) is 14.4. The second kappa shape index (κ2) is 8.31. The van der Waals surface area contributed by atoms with E-state index < -0.39 is 0 Å². The van der Waals surface area contributed by atoms with Crippen molar-refractivity contribution in [1.82, 2.24) is 30.2 Å². The van der Waals surface area contributed by atoms with E-state index in [4.69, 9.17) is 0 Å². The number of amides is 1. The number of hydrogen-bond donors (Lipinski definition) is 1. The molecule has 0 spiro atoms. The van der Waals surface area contributed by atoms with Gasteiger partial charge in [0.2, 0.25) is 5.91 Å². The topological polar surface area (TPSA) is 75.9 Å². The average molecular weight is 376 g/mol. The largest absolute Gasteiger partial charge is 0.350 e. The molecule has 0 aliphatic carbocycles. The molecule has 1 aliphatic heterocycles. The molecule has 1 aliphatic rings. The first-order chi connectivity index (χ1) is 13.7. The molecule has 1 amide bonds. The van der Waals surface area contributed by atoms with Gasteiger partial charge in [0, 0.05) is 45.0 Å². The summed E-state index contributed by atoms with van der Waals surface area (Å²) in [4.78, 5) is 21.0. The van der Waals surface area contributed by atoms with Crippen LogP contribution >= 0.6 is 0 Å². The Kier molecular flexibility index (Phi) is 5.43. The van der Waals surface area contributed by atoms with E-state index in [1.54, 1.807) is 25.6 Å². The van der Waals surface area contributed by atoms with E-state index in [1.165, 1.54) is 10.4 Å². The van der Waals surface area contributed by atoms with Gasteiger partial charge in [0.05, 0.1) is 18.7 Å². The minimum atomic E-state index is -0.109. The summed E-state index contributed by atoms with van der Waals surface area (Å²) in [6.07, 6.45) is 5.27. The summed E-state index contributed by atoms with van der Waals surface area (Å²) in [6.45, 7) is 2.82. The van der Waals surface area contributed by atoms with Crippen molar-refractivity contribution in [2.45, 2.75) is 19.0 Å². The zero-order chi connectivity index (χ0) is 19.3. The van der Waals surface area contributed by atoms with Crippen LogP contribution in [0.4, 0.5) is 0 Å². The summed E-state index contributed by atoms with van der Waals surface area (Å²) in [7, 11) is 1.77. The summed E-state index contributed by atoms with van der Waals surface area (Å²) in [5.41, 5.74) is 3.18. The third-order valence-corrected chi connectivity index (χ3v) is 5.21. The SMILES string of the molecule is Cn1ncc(CNC(=O)[C@@H]2CN(Cc3ccccc3)C[C@H]2c2ccncc2)n1. The predicted molar refractivity (Wildman–Crippen MR) is 105 cm³/mol. The molecule has 0 radical (unpaired) electrons. The van der Waals surface area contributed by atoms with E-state index in [0.717, 1.165) is 30.9 Å². The maximum absolute atomic E-state index is 13.0. The fourth-order valence-corrected chi connectivity index (χ4v) is 3.85. The normalized spacial score (nSPS) is 19.6. The van der Waals surface area contributed by atoms with Crippen molar-refractivity contribution < 1.29 is 4.79 Å². The van der Waals surface area contributed by atoms with Gasteiger partial charge in [-0.15, -0.1) is 0 Å². The molecule has 3 heterocycles. The predicted octanol–water partition coefficient (Wildman–Crippen LogP) is 1.74. The van der Waals surface area contributed by atoms with Crippen LogP contribution in [0, 0.1) is 5.92 Å². The van der Waals surface area contributed by atoms with E-state index in [1.807, 2.05) is 18.2 Å². The molecule has 1 aromatic carbocycles. The second-order valence-corrected chi connectivity index (χ2v) is 7.22. The molecular weight excluding hydrogens is 352 g/mol. The van der Waals surface area contributed by atoms with Gasteiger partial charge in [0.25, 0.3) is 0 Å². The van der Waals surface area contributed by atoms with Crippen molar-refractivity contribution in [3.8, 4) is 0 Å². The number of carbonyl (C=O) groups excluding carboxylic acids is 1. The van der Waals surface area contributed by atoms with Gasteiger partial charge in [-0.1, -0.05) is 30.3 Å². The van der Waals surface area contributed by atoms with Gasteiger partial charge in [0.15, 0.2) is 0 Å². The van der Waals surface area contributed by atoms with Crippen molar-refractivity contribution >= 4 is 5.91 Å². The number of nitrogens with one attached hydrogen (secondary N) is 1. The number of rotatable bonds is 6. The molecule has 28 heavy (non-hydrogen) atoms. The van der Waals surface area contributed by atoms with Crippen LogP contribution in [0.2, 0.25) is 0 Å². The highest BCUT2D eigenvalue weighted by atomic mass is 16.2. The van der Waals surface area contributed by atoms with Gasteiger partial charge in [-0.05, 0) is 23.3 Å². The van der Waals surface area contributed by atoms with Gasteiger partial charge in [-0.25, -0.2) is 0 Å². The molecule has 1 saturated heterocycles. The maximum atomic E-state index is 13.0. The van der Waals surface area contributed by atoms with Crippen molar-refractivity contribution in [3.05, 3.63) is 77.9 Å². The molecule has 4 rings (SSSR count). The lowest BCUT2D eigenvalue weighted by Crippen LogP contribution is -2.34. The summed E-state index contributed by atoms with van der Waals surface area (Å²) >= 11 is 0. The van der Waals surface area contributed by atoms with Gasteiger partial charge < -0.3 is 5.32 Å². The lowest BCUT2D eigenvalue weighted by molar-refractivity contribution is -0.125. The zero-order valence-corrected chi connectivity index (χ0v) is 15.9. The number of hydrogen-bond acceptors (Lipinski definition) is 5.